The van der Waals surface area contributed by atoms with Crippen LogP contribution in [0.1, 0.15) is 22.7 Å². The minimum Gasteiger partial charge on any atom is -0.335 e. The van der Waals surface area contributed by atoms with Gasteiger partial charge in [0.1, 0.15) is 0 Å². The Morgan fingerprint density at radius 2 is 1.71 bits per heavy atom. The third kappa shape index (κ3) is 4.21. The standard InChI is InChI=1S/C18H20N2O/c1-3-13-19-18(21)20-17(15-7-5-4-6-8-15)16-11-9-14(2)10-12-16/h3-12,17H,1,13H2,2H3,(H2,19,20,21)/t17-/m1/s1. The number of carbonyl (C=O) groups excluding carboxylic acids is 1. The highest BCUT2D eigenvalue weighted by Gasteiger charge is 2.16. The van der Waals surface area contributed by atoms with Crippen molar-refractivity contribution in [2.45, 2.75) is 13.0 Å². The molecule has 0 radical (unpaired) electrons. The van der Waals surface area contributed by atoms with E-state index in [2.05, 4.69) is 29.3 Å². The van der Waals surface area contributed by atoms with Crippen molar-refractivity contribution in [3.63, 3.8) is 0 Å². The fraction of sp³-hybridized carbons (Fsp3) is 0.167. The lowest BCUT2D eigenvalue weighted by Gasteiger charge is -2.20. The minimum atomic E-state index is -0.204. The maximum atomic E-state index is 12.0. The van der Waals surface area contributed by atoms with Gasteiger partial charge in [-0.2, -0.15) is 0 Å². The van der Waals surface area contributed by atoms with E-state index in [0.717, 1.165) is 11.1 Å². The van der Waals surface area contributed by atoms with Crippen LogP contribution >= 0.6 is 0 Å². The highest BCUT2D eigenvalue weighted by molar-refractivity contribution is 5.75. The normalized spacial score (nSPS) is 11.5. The summed E-state index contributed by atoms with van der Waals surface area (Å²) < 4.78 is 0. The molecule has 0 aliphatic rings. The first kappa shape index (κ1) is 14.9. The largest absolute Gasteiger partial charge is 0.335 e. The summed E-state index contributed by atoms with van der Waals surface area (Å²) in [6.07, 6.45) is 1.66. The average Bonchev–Trinajstić information content (AvgIpc) is 2.52. The lowest BCUT2D eigenvalue weighted by atomic mass is 9.98. The van der Waals surface area contributed by atoms with Crippen LogP contribution in [0.2, 0.25) is 0 Å². The third-order valence-electron chi connectivity index (χ3n) is 3.23. The zero-order valence-corrected chi connectivity index (χ0v) is 12.2. The van der Waals surface area contributed by atoms with Crippen molar-refractivity contribution in [1.29, 1.82) is 0 Å². The van der Waals surface area contributed by atoms with Crippen LogP contribution in [0.4, 0.5) is 4.79 Å². The summed E-state index contributed by atoms with van der Waals surface area (Å²) in [5, 5.41) is 5.75. The van der Waals surface area contributed by atoms with Gasteiger partial charge >= 0.3 is 6.03 Å². The molecule has 0 aliphatic carbocycles. The van der Waals surface area contributed by atoms with E-state index in [1.807, 2.05) is 49.4 Å². The van der Waals surface area contributed by atoms with E-state index >= 15 is 0 Å². The molecule has 2 aromatic rings. The Kier molecular flexibility index (Phi) is 5.16. The van der Waals surface area contributed by atoms with Crippen LogP contribution in [0, 0.1) is 6.92 Å². The van der Waals surface area contributed by atoms with Crippen molar-refractivity contribution in [3.8, 4) is 0 Å². The van der Waals surface area contributed by atoms with Crippen LogP contribution in [0.25, 0.3) is 0 Å². The van der Waals surface area contributed by atoms with E-state index in [1.165, 1.54) is 5.56 Å². The van der Waals surface area contributed by atoms with Gasteiger partial charge in [-0.25, -0.2) is 4.79 Å². The minimum absolute atomic E-state index is 0.170. The molecule has 0 heterocycles. The molecule has 21 heavy (non-hydrogen) atoms. The van der Waals surface area contributed by atoms with Gasteiger partial charge in [-0.3, -0.25) is 0 Å². The second-order valence-electron chi connectivity index (χ2n) is 4.90. The fourth-order valence-electron chi connectivity index (χ4n) is 2.11. The molecule has 0 bridgehead atoms. The second kappa shape index (κ2) is 7.29. The zero-order chi connectivity index (χ0) is 15.1. The number of rotatable bonds is 5. The lowest BCUT2D eigenvalue weighted by molar-refractivity contribution is 0.239. The van der Waals surface area contributed by atoms with Crippen LogP contribution < -0.4 is 10.6 Å². The molecular formula is C18H20N2O. The summed E-state index contributed by atoms with van der Waals surface area (Å²) in [6.45, 7) is 6.09. The monoisotopic (exact) mass is 280 g/mol. The van der Waals surface area contributed by atoms with Gasteiger partial charge in [0.15, 0.2) is 0 Å². The van der Waals surface area contributed by atoms with E-state index in [4.69, 9.17) is 0 Å². The molecule has 0 saturated carbocycles. The number of aryl methyl sites for hydroxylation is 1. The molecule has 0 spiro atoms. The van der Waals surface area contributed by atoms with E-state index in [9.17, 15) is 4.79 Å². The molecule has 0 fully saturated rings. The molecule has 3 nitrogen and oxygen atoms in total. The molecule has 0 saturated heterocycles. The predicted molar refractivity (Wildman–Crippen MR) is 86.2 cm³/mol. The number of carbonyl (C=O) groups is 1. The van der Waals surface area contributed by atoms with E-state index in [0.29, 0.717) is 6.54 Å². The second-order valence-corrected chi connectivity index (χ2v) is 4.90. The van der Waals surface area contributed by atoms with E-state index < -0.39 is 0 Å². The van der Waals surface area contributed by atoms with Crippen LogP contribution in [0.3, 0.4) is 0 Å². The lowest BCUT2D eigenvalue weighted by Crippen LogP contribution is -2.38. The number of hydrogen-bond acceptors (Lipinski definition) is 1. The number of benzene rings is 2. The Hall–Kier alpha value is -2.55. The first-order valence-corrected chi connectivity index (χ1v) is 6.97. The Bertz CT molecular complexity index is 590. The summed E-state index contributed by atoms with van der Waals surface area (Å²) >= 11 is 0. The highest BCUT2D eigenvalue weighted by Crippen LogP contribution is 2.22. The van der Waals surface area contributed by atoms with Crippen molar-refractivity contribution in [3.05, 3.63) is 83.9 Å². The zero-order valence-electron chi connectivity index (χ0n) is 12.2. The van der Waals surface area contributed by atoms with Gasteiger partial charge < -0.3 is 10.6 Å². The van der Waals surface area contributed by atoms with Crippen LogP contribution in [-0.2, 0) is 0 Å². The topological polar surface area (TPSA) is 41.1 Å². The fourth-order valence-corrected chi connectivity index (χ4v) is 2.11. The molecule has 2 rings (SSSR count). The molecule has 108 valence electrons. The molecule has 0 aromatic heterocycles. The van der Waals surface area contributed by atoms with Crippen molar-refractivity contribution in [2.75, 3.05) is 6.54 Å². The number of nitrogens with one attached hydrogen (secondary N) is 2. The summed E-state index contributed by atoms with van der Waals surface area (Å²) in [7, 11) is 0. The maximum Gasteiger partial charge on any atom is 0.315 e. The van der Waals surface area contributed by atoms with Crippen molar-refractivity contribution in [2.24, 2.45) is 0 Å². The SMILES string of the molecule is C=CCNC(=O)N[C@H](c1ccccc1)c1ccc(C)cc1. The smallest absolute Gasteiger partial charge is 0.315 e. The number of hydrogen-bond donors (Lipinski definition) is 2. The molecule has 2 amide bonds. The van der Waals surface area contributed by atoms with E-state index in [1.54, 1.807) is 6.08 Å². The van der Waals surface area contributed by atoms with E-state index in [-0.39, 0.29) is 12.1 Å². The number of amides is 2. The van der Waals surface area contributed by atoms with Gasteiger partial charge in [0.25, 0.3) is 0 Å². The van der Waals surface area contributed by atoms with Crippen molar-refractivity contribution in [1.82, 2.24) is 10.6 Å². The molecule has 2 N–H and O–H groups in total. The van der Waals surface area contributed by atoms with Gasteiger partial charge in [-0.05, 0) is 18.1 Å². The Balaban J connectivity index is 2.24. The number of urea groups is 1. The van der Waals surface area contributed by atoms with Crippen molar-refractivity contribution >= 4 is 6.03 Å². The molecular weight excluding hydrogens is 260 g/mol. The van der Waals surface area contributed by atoms with Crippen LogP contribution in [0.5, 0.6) is 0 Å². The van der Waals surface area contributed by atoms with Crippen LogP contribution in [0.15, 0.2) is 67.3 Å². The van der Waals surface area contributed by atoms with Gasteiger partial charge in [-0.15, -0.1) is 6.58 Å². The van der Waals surface area contributed by atoms with Gasteiger partial charge in [0.2, 0.25) is 0 Å². The summed E-state index contributed by atoms with van der Waals surface area (Å²) in [5.41, 5.74) is 3.30. The van der Waals surface area contributed by atoms with Gasteiger partial charge in [0.05, 0.1) is 6.04 Å². The Labute approximate surface area is 125 Å². The first-order valence-electron chi connectivity index (χ1n) is 6.97. The molecule has 3 heteroatoms. The Morgan fingerprint density at radius 1 is 1.10 bits per heavy atom. The molecule has 2 aromatic carbocycles. The molecule has 0 unspecified atom stereocenters. The molecule has 1 atom stereocenters. The molecule has 0 aliphatic heterocycles. The van der Waals surface area contributed by atoms with Gasteiger partial charge in [-0.1, -0.05) is 66.2 Å². The predicted octanol–water partition coefficient (Wildman–Crippen LogP) is 3.57. The highest BCUT2D eigenvalue weighted by atomic mass is 16.2. The van der Waals surface area contributed by atoms with Crippen molar-refractivity contribution < 1.29 is 4.79 Å². The summed E-state index contributed by atoms with van der Waals surface area (Å²) in [5.74, 6) is 0. The Morgan fingerprint density at radius 3 is 2.33 bits per heavy atom. The third-order valence-corrected chi connectivity index (χ3v) is 3.23. The summed E-state index contributed by atoms with van der Waals surface area (Å²) in [6, 6.07) is 17.7. The average molecular weight is 280 g/mol. The quantitative estimate of drug-likeness (QED) is 0.808. The summed E-state index contributed by atoms with van der Waals surface area (Å²) in [4.78, 5) is 12.0. The van der Waals surface area contributed by atoms with Crippen LogP contribution in [-0.4, -0.2) is 12.6 Å². The maximum absolute atomic E-state index is 12.0. The van der Waals surface area contributed by atoms with Gasteiger partial charge in [0, 0.05) is 6.54 Å². The first-order chi connectivity index (χ1) is 10.2.